The van der Waals surface area contributed by atoms with E-state index < -0.39 is 11.0 Å². The molecular weight excluding hydrogens is 376 g/mol. The van der Waals surface area contributed by atoms with Gasteiger partial charge in [-0.25, -0.2) is 4.79 Å². The standard InChI is InChI=1S/C24H34N4O2/c1-22(2,3)27-15-18(28(21(27)30)23(4,5)6)24(7,8)20(29)26-17-13-9-11-16-12-10-14-25-19(16)17/h9-14,18H,15H2,1-8H3,(H,26,29). The van der Waals surface area contributed by atoms with E-state index in [-0.39, 0.29) is 23.5 Å². The summed E-state index contributed by atoms with van der Waals surface area (Å²) in [6.07, 6.45) is 1.72. The fourth-order valence-corrected chi connectivity index (χ4v) is 4.10. The van der Waals surface area contributed by atoms with E-state index in [1.165, 1.54) is 0 Å². The number of amides is 3. The molecule has 1 N–H and O–H groups in total. The maximum Gasteiger partial charge on any atom is 0.321 e. The first-order valence-electron chi connectivity index (χ1n) is 10.5. The van der Waals surface area contributed by atoms with Crippen LogP contribution in [-0.4, -0.2) is 50.4 Å². The molecule has 1 aromatic carbocycles. The second-order valence-electron chi connectivity index (χ2n) is 10.7. The number of fused-ring (bicyclic) bond motifs is 1. The molecule has 0 radical (unpaired) electrons. The summed E-state index contributed by atoms with van der Waals surface area (Å²) in [6.45, 7) is 16.5. The molecule has 1 atom stereocenters. The zero-order valence-electron chi connectivity index (χ0n) is 19.4. The van der Waals surface area contributed by atoms with Gasteiger partial charge < -0.3 is 15.1 Å². The lowest BCUT2D eigenvalue weighted by atomic mass is 9.81. The van der Waals surface area contributed by atoms with Gasteiger partial charge in [-0.2, -0.15) is 0 Å². The third-order valence-electron chi connectivity index (χ3n) is 5.94. The minimum Gasteiger partial charge on any atom is -0.324 e. The smallest absolute Gasteiger partial charge is 0.321 e. The number of para-hydroxylation sites is 1. The molecule has 0 aliphatic carbocycles. The first kappa shape index (κ1) is 22.1. The molecule has 3 amide bonds. The van der Waals surface area contributed by atoms with Crippen LogP contribution in [-0.2, 0) is 4.79 Å². The summed E-state index contributed by atoms with van der Waals surface area (Å²) < 4.78 is 0. The molecular formula is C24H34N4O2. The van der Waals surface area contributed by atoms with Gasteiger partial charge in [0.2, 0.25) is 5.91 Å². The average molecular weight is 411 g/mol. The summed E-state index contributed by atoms with van der Waals surface area (Å²) in [7, 11) is 0. The number of hydrogen-bond acceptors (Lipinski definition) is 3. The molecule has 1 saturated heterocycles. The average Bonchev–Trinajstić information content (AvgIpc) is 3.00. The predicted octanol–water partition coefficient (Wildman–Crippen LogP) is 4.90. The van der Waals surface area contributed by atoms with Crippen LogP contribution in [0.4, 0.5) is 10.5 Å². The van der Waals surface area contributed by atoms with Gasteiger partial charge in [-0.05, 0) is 67.5 Å². The molecule has 1 aliphatic heterocycles. The van der Waals surface area contributed by atoms with Crippen LogP contribution < -0.4 is 5.32 Å². The van der Waals surface area contributed by atoms with Gasteiger partial charge in [0, 0.05) is 29.2 Å². The van der Waals surface area contributed by atoms with Gasteiger partial charge in [-0.15, -0.1) is 0 Å². The summed E-state index contributed by atoms with van der Waals surface area (Å²) in [5.74, 6) is -0.122. The maximum absolute atomic E-state index is 13.5. The molecule has 1 unspecified atom stereocenters. The maximum atomic E-state index is 13.5. The van der Waals surface area contributed by atoms with Gasteiger partial charge in [0.05, 0.1) is 22.7 Å². The molecule has 162 valence electrons. The van der Waals surface area contributed by atoms with Crippen LogP contribution in [0.25, 0.3) is 10.9 Å². The number of aromatic nitrogens is 1. The summed E-state index contributed by atoms with van der Waals surface area (Å²) in [5.41, 5.74) is -0.0807. The molecule has 6 nitrogen and oxygen atoms in total. The van der Waals surface area contributed by atoms with E-state index in [9.17, 15) is 9.59 Å². The molecule has 3 rings (SSSR count). The van der Waals surface area contributed by atoms with E-state index in [2.05, 4.69) is 10.3 Å². The quantitative estimate of drug-likeness (QED) is 0.782. The highest BCUT2D eigenvalue weighted by Gasteiger charge is 2.54. The van der Waals surface area contributed by atoms with Crippen LogP contribution in [0, 0.1) is 5.41 Å². The molecule has 0 bridgehead atoms. The van der Waals surface area contributed by atoms with Crippen molar-refractivity contribution in [2.75, 3.05) is 11.9 Å². The van der Waals surface area contributed by atoms with Crippen molar-refractivity contribution >= 4 is 28.5 Å². The molecule has 0 spiro atoms. The lowest BCUT2D eigenvalue weighted by Crippen LogP contribution is -2.56. The molecule has 1 aromatic heterocycles. The number of rotatable bonds is 3. The molecule has 2 aromatic rings. The van der Waals surface area contributed by atoms with Crippen molar-refractivity contribution in [1.29, 1.82) is 0 Å². The fraction of sp³-hybridized carbons (Fsp3) is 0.542. The van der Waals surface area contributed by atoms with Crippen molar-refractivity contribution in [3.63, 3.8) is 0 Å². The van der Waals surface area contributed by atoms with Crippen molar-refractivity contribution in [3.8, 4) is 0 Å². The Hall–Kier alpha value is -2.63. The van der Waals surface area contributed by atoms with Crippen molar-refractivity contribution in [3.05, 3.63) is 36.5 Å². The second-order valence-corrected chi connectivity index (χ2v) is 10.7. The first-order valence-corrected chi connectivity index (χ1v) is 10.5. The van der Waals surface area contributed by atoms with Crippen molar-refractivity contribution in [1.82, 2.24) is 14.8 Å². The zero-order valence-corrected chi connectivity index (χ0v) is 19.4. The third kappa shape index (κ3) is 3.87. The van der Waals surface area contributed by atoms with Crippen LogP contribution in [0.5, 0.6) is 0 Å². The van der Waals surface area contributed by atoms with Gasteiger partial charge >= 0.3 is 6.03 Å². The van der Waals surface area contributed by atoms with Gasteiger partial charge in [0.1, 0.15) is 0 Å². The Bertz CT molecular complexity index is 964. The van der Waals surface area contributed by atoms with Crippen molar-refractivity contribution < 1.29 is 9.59 Å². The van der Waals surface area contributed by atoms with E-state index >= 15 is 0 Å². The number of carbonyl (C=O) groups is 2. The fourth-order valence-electron chi connectivity index (χ4n) is 4.10. The normalized spacial score (nSPS) is 18.3. The Balaban J connectivity index is 1.95. The van der Waals surface area contributed by atoms with Crippen molar-refractivity contribution in [2.24, 2.45) is 5.41 Å². The lowest BCUT2D eigenvalue weighted by molar-refractivity contribution is -0.127. The topological polar surface area (TPSA) is 65.5 Å². The van der Waals surface area contributed by atoms with Crippen LogP contribution in [0.3, 0.4) is 0 Å². The summed E-state index contributed by atoms with van der Waals surface area (Å²) in [4.78, 5) is 35.0. The largest absolute Gasteiger partial charge is 0.324 e. The number of nitrogens with zero attached hydrogens (tertiary/aromatic N) is 3. The van der Waals surface area contributed by atoms with Crippen molar-refractivity contribution in [2.45, 2.75) is 72.5 Å². The zero-order chi connectivity index (χ0) is 22.5. The molecule has 1 aliphatic rings. The van der Waals surface area contributed by atoms with E-state index in [0.717, 1.165) is 10.9 Å². The van der Waals surface area contributed by atoms with E-state index in [1.807, 2.05) is 95.5 Å². The monoisotopic (exact) mass is 410 g/mol. The highest BCUT2D eigenvalue weighted by atomic mass is 16.2. The number of pyridine rings is 1. The highest BCUT2D eigenvalue weighted by Crippen LogP contribution is 2.39. The number of anilines is 1. The van der Waals surface area contributed by atoms with Crippen LogP contribution in [0.1, 0.15) is 55.4 Å². The number of hydrogen-bond donors (Lipinski definition) is 1. The molecule has 30 heavy (non-hydrogen) atoms. The molecule has 1 fully saturated rings. The number of benzene rings is 1. The van der Waals surface area contributed by atoms with Crippen LogP contribution in [0.2, 0.25) is 0 Å². The number of nitrogens with one attached hydrogen (secondary N) is 1. The van der Waals surface area contributed by atoms with Crippen LogP contribution >= 0.6 is 0 Å². The Morgan fingerprint density at radius 2 is 1.63 bits per heavy atom. The lowest BCUT2D eigenvalue weighted by Gasteiger charge is -2.42. The SMILES string of the molecule is CC(C)(C(=O)Nc1cccc2cccnc12)C1CN(C(C)(C)C)C(=O)N1C(C)(C)C. The third-order valence-corrected chi connectivity index (χ3v) is 5.94. The van der Waals surface area contributed by atoms with Gasteiger partial charge in [-0.1, -0.05) is 18.2 Å². The Morgan fingerprint density at radius 3 is 2.23 bits per heavy atom. The second kappa shape index (κ2) is 7.25. The molecule has 6 heteroatoms. The van der Waals surface area contributed by atoms with E-state index in [0.29, 0.717) is 12.2 Å². The number of carbonyl (C=O) groups excluding carboxylic acids is 2. The first-order chi connectivity index (χ1) is 13.7. The number of urea groups is 1. The van der Waals surface area contributed by atoms with Gasteiger partial charge in [-0.3, -0.25) is 9.78 Å². The molecule has 0 saturated carbocycles. The summed E-state index contributed by atoms with van der Waals surface area (Å²) in [5, 5.41) is 4.06. The Kier molecular flexibility index (Phi) is 5.34. The minimum absolute atomic E-state index is 0.0206. The summed E-state index contributed by atoms with van der Waals surface area (Å²) >= 11 is 0. The molecule has 2 heterocycles. The minimum atomic E-state index is -0.806. The summed E-state index contributed by atoms with van der Waals surface area (Å²) in [6, 6.07) is 9.33. The van der Waals surface area contributed by atoms with E-state index in [1.54, 1.807) is 6.20 Å². The van der Waals surface area contributed by atoms with Gasteiger partial charge in [0.15, 0.2) is 0 Å². The van der Waals surface area contributed by atoms with E-state index in [4.69, 9.17) is 0 Å². The highest BCUT2D eigenvalue weighted by molar-refractivity contribution is 6.02. The Labute approximate surface area is 179 Å². The Morgan fingerprint density at radius 1 is 1.00 bits per heavy atom. The van der Waals surface area contributed by atoms with Crippen LogP contribution in [0.15, 0.2) is 36.5 Å². The predicted molar refractivity (Wildman–Crippen MR) is 121 cm³/mol. The van der Waals surface area contributed by atoms with Gasteiger partial charge in [0.25, 0.3) is 0 Å².